The Morgan fingerprint density at radius 3 is 3.00 bits per heavy atom. The molecule has 0 aliphatic carbocycles. The van der Waals surface area contributed by atoms with Crippen molar-refractivity contribution < 1.29 is 9.59 Å². The predicted molar refractivity (Wildman–Crippen MR) is 70.7 cm³/mol. The van der Waals surface area contributed by atoms with Gasteiger partial charge in [0.05, 0.1) is 5.69 Å². The van der Waals surface area contributed by atoms with Crippen LogP contribution in [-0.4, -0.2) is 30.2 Å². The van der Waals surface area contributed by atoms with E-state index >= 15 is 0 Å². The number of carbonyl (C=O) groups is 2. The fraction of sp³-hybridized carbons (Fsp3) is 0.385. The van der Waals surface area contributed by atoms with Crippen molar-refractivity contribution in [3.63, 3.8) is 0 Å². The molecular formula is C13H14N2O2S. The summed E-state index contributed by atoms with van der Waals surface area (Å²) >= 11 is 1.77. The zero-order valence-corrected chi connectivity index (χ0v) is 10.7. The van der Waals surface area contributed by atoms with E-state index in [0.29, 0.717) is 19.4 Å². The quantitative estimate of drug-likeness (QED) is 0.832. The number of para-hydroxylation sites is 1. The van der Waals surface area contributed by atoms with Crippen LogP contribution in [0.1, 0.15) is 12.8 Å². The number of benzene rings is 1. The minimum absolute atomic E-state index is 0.0204. The molecule has 0 bridgehead atoms. The third-order valence-electron chi connectivity index (χ3n) is 3.29. The van der Waals surface area contributed by atoms with Gasteiger partial charge in [-0.2, -0.15) is 0 Å². The van der Waals surface area contributed by atoms with Gasteiger partial charge in [-0.1, -0.05) is 12.1 Å². The maximum atomic E-state index is 12.4. The molecule has 1 saturated heterocycles. The molecular weight excluding hydrogens is 248 g/mol. The van der Waals surface area contributed by atoms with Crippen molar-refractivity contribution in [3.05, 3.63) is 24.3 Å². The molecule has 18 heavy (non-hydrogen) atoms. The van der Waals surface area contributed by atoms with Crippen LogP contribution < -0.4 is 10.2 Å². The number of hydrogen-bond acceptors (Lipinski definition) is 3. The van der Waals surface area contributed by atoms with Gasteiger partial charge in [0.2, 0.25) is 11.8 Å². The van der Waals surface area contributed by atoms with Crippen LogP contribution in [0.25, 0.3) is 0 Å². The lowest BCUT2D eigenvalue weighted by atomic mass is 10.2. The Morgan fingerprint density at radius 2 is 2.22 bits per heavy atom. The Bertz CT molecular complexity index is 504. The number of amides is 2. The summed E-state index contributed by atoms with van der Waals surface area (Å²) in [5.41, 5.74) is 0.972. The van der Waals surface area contributed by atoms with Gasteiger partial charge in [-0.15, -0.1) is 11.8 Å². The summed E-state index contributed by atoms with van der Waals surface area (Å²) in [4.78, 5) is 26.6. The first-order valence-electron chi connectivity index (χ1n) is 6.08. The second-order valence-corrected chi connectivity index (χ2v) is 5.60. The zero-order valence-electron chi connectivity index (χ0n) is 9.89. The summed E-state index contributed by atoms with van der Waals surface area (Å²) in [6, 6.07) is 7.59. The second kappa shape index (κ2) is 4.65. The van der Waals surface area contributed by atoms with Gasteiger partial charge in [-0.3, -0.25) is 9.59 Å². The van der Waals surface area contributed by atoms with Crippen LogP contribution in [0.4, 0.5) is 5.69 Å². The maximum absolute atomic E-state index is 12.4. The van der Waals surface area contributed by atoms with Crippen molar-refractivity contribution in [2.75, 3.05) is 17.2 Å². The Balaban J connectivity index is 1.85. The lowest BCUT2D eigenvalue weighted by Crippen LogP contribution is -2.46. The first-order chi connectivity index (χ1) is 8.75. The molecule has 3 rings (SSSR count). The van der Waals surface area contributed by atoms with Gasteiger partial charge in [-0.05, 0) is 18.6 Å². The summed E-state index contributed by atoms with van der Waals surface area (Å²) in [7, 11) is 0. The highest BCUT2D eigenvalue weighted by atomic mass is 32.2. The number of thioether (sulfide) groups is 1. The highest BCUT2D eigenvalue weighted by Gasteiger charge is 2.33. The number of hydrogen-bond donors (Lipinski definition) is 1. The molecule has 0 radical (unpaired) electrons. The molecule has 2 heterocycles. The molecule has 0 aromatic heterocycles. The van der Waals surface area contributed by atoms with Crippen molar-refractivity contribution in [1.29, 1.82) is 0 Å². The summed E-state index contributed by atoms with van der Waals surface area (Å²) in [6.07, 6.45) is 1.07. The van der Waals surface area contributed by atoms with Crippen molar-refractivity contribution in [3.8, 4) is 0 Å². The fourth-order valence-electron chi connectivity index (χ4n) is 2.39. The van der Waals surface area contributed by atoms with E-state index in [1.54, 1.807) is 11.8 Å². The molecule has 1 unspecified atom stereocenters. The Morgan fingerprint density at radius 1 is 1.39 bits per heavy atom. The first kappa shape index (κ1) is 11.6. The molecule has 2 aliphatic rings. The zero-order chi connectivity index (χ0) is 12.5. The molecule has 1 atom stereocenters. The SMILES string of the molecule is O=C1CCC(C(=O)N2CCSc3ccccc32)N1. The molecule has 0 spiro atoms. The number of rotatable bonds is 1. The summed E-state index contributed by atoms with van der Waals surface area (Å²) < 4.78 is 0. The van der Waals surface area contributed by atoms with E-state index in [1.807, 2.05) is 29.2 Å². The molecule has 1 aromatic rings. The van der Waals surface area contributed by atoms with E-state index in [4.69, 9.17) is 0 Å². The molecule has 4 nitrogen and oxygen atoms in total. The van der Waals surface area contributed by atoms with Crippen molar-refractivity contribution >= 4 is 29.3 Å². The first-order valence-corrected chi connectivity index (χ1v) is 7.07. The maximum Gasteiger partial charge on any atom is 0.249 e. The van der Waals surface area contributed by atoms with Gasteiger partial charge in [0, 0.05) is 23.6 Å². The number of carbonyl (C=O) groups excluding carboxylic acids is 2. The smallest absolute Gasteiger partial charge is 0.249 e. The minimum atomic E-state index is -0.339. The fourth-order valence-corrected chi connectivity index (χ4v) is 3.38. The monoisotopic (exact) mass is 262 g/mol. The van der Waals surface area contributed by atoms with E-state index in [1.165, 1.54) is 0 Å². The summed E-state index contributed by atoms with van der Waals surface area (Å²) in [5.74, 6) is 0.908. The van der Waals surface area contributed by atoms with E-state index in [9.17, 15) is 9.59 Å². The van der Waals surface area contributed by atoms with Crippen molar-refractivity contribution in [1.82, 2.24) is 5.32 Å². The predicted octanol–water partition coefficient (Wildman–Crippen LogP) is 1.40. The lowest BCUT2D eigenvalue weighted by Gasteiger charge is -2.30. The third-order valence-corrected chi connectivity index (χ3v) is 4.33. The Labute approximate surface area is 110 Å². The van der Waals surface area contributed by atoms with Gasteiger partial charge in [0.25, 0.3) is 0 Å². The topological polar surface area (TPSA) is 49.4 Å². The van der Waals surface area contributed by atoms with Crippen molar-refractivity contribution in [2.24, 2.45) is 0 Å². The molecule has 1 fully saturated rings. The molecule has 1 N–H and O–H groups in total. The average molecular weight is 262 g/mol. The summed E-state index contributed by atoms with van der Waals surface area (Å²) in [6.45, 7) is 0.715. The molecule has 0 saturated carbocycles. The van der Waals surface area contributed by atoms with Crippen LogP contribution in [0.2, 0.25) is 0 Å². The Hall–Kier alpha value is -1.49. The Kier molecular flexibility index (Phi) is 2.99. The number of nitrogens with zero attached hydrogens (tertiary/aromatic N) is 1. The molecule has 1 aromatic carbocycles. The highest BCUT2D eigenvalue weighted by molar-refractivity contribution is 7.99. The highest BCUT2D eigenvalue weighted by Crippen LogP contribution is 2.34. The number of anilines is 1. The van der Waals surface area contributed by atoms with E-state index in [0.717, 1.165) is 16.3 Å². The molecule has 5 heteroatoms. The third kappa shape index (κ3) is 1.99. The second-order valence-electron chi connectivity index (χ2n) is 4.46. The van der Waals surface area contributed by atoms with E-state index in [2.05, 4.69) is 5.32 Å². The minimum Gasteiger partial charge on any atom is -0.344 e. The number of nitrogens with one attached hydrogen (secondary N) is 1. The van der Waals surface area contributed by atoms with E-state index < -0.39 is 0 Å². The largest absolute Gasteiger partial charge is 0.344 e. The molecule has 94 valence electrons. The van der Waals surface area contributed by atoms with Gasteiger partial charge in [-0.25, -0.2) is 0 Å². The molecule has 2 aliphatic heterocycles. The van der Waals surface area contributed by atoms with Gasteiger partial charge in [0.15, 0.2) is 0 Å². The van der Waals surface area contributed by atoms with Crippen LogP contribution >= 0.6 is 11.8 Å². The van der Waals surface area contributed by atoms with Crippen LogP contribution in [0.3, 0.4) is 0 Å². The van der Waals surface area contributed by atoms with Gasteiger partial charge in [0.1, 0.15) is 6.04 Å². The molecule has 2 amide bonds. The van der Waals surface area contributed by atoms with Gasteiger partial charge < -0.3 is 10.2 Å². The van der Waals surface area contributed by atoms with Crippen LogP contribution in [-0.2, 0) is 9.59 Å². The summed E-state index contributed by atoms with van der Waals surface area (Å²) in [5, 5.41) is 2.74. The average Bonchev–Trinajstić information content (AvgIpc) is 2.84. The van der Waals surface area contributed by atoms with Crippen molar-refractivity contribution in [2.45, 2.75) is 23.8 Å². The van der Waals surface area contributed by atoms with Crippen LogP contribution in [0.15, 0.2) is 29.2 Å². The standard InChI is InChI=1S/C13H14N2O2S/c16-12-6-5-9(14-12)13(17)15-7-8-18-11-4-2-1-3-10(11)15/h1-4,9H,5-8H2,(H,14,16). The van der Waals surface area contributed by atoms with Gasteiger partial charge >= 0.3 is 0 Å². The van der Waals surface area contributed by atoms with Crippen LogP contribution in [0.5, 0.6) is 0 Å². The van der Waals surface area contributed by atoms with E-state index in [-0.39, 0.29) is 17.9 Å². The normalized spacial score (nSPS) is 22.6. The lowest BCUT2D eigenvalue weighted by molar-refractivity contribution is -0.124. The number of fused-ring (bicyclic) bond motifs is 1. The van der Waals surface area contributed by atoms with Crippen LogP contribution in [0, 0.1) is 0 Å².